The average Bonchev–Trinajstić information content (AvgIpc) is 2.32. The van der Waals surface area contributed by atoms with Gasteiger partial charge in [0.05, 0.1) is 6.61 Å². The topological polar surface area (TPSA) is 30.5 Å². The van der Waals surface area contributed by atoms with Crippen LogP contribution in [0.2, 0.25) is 0 Å². The van der Waals surface area contributed by atoms with E-state index in [1.807, 2.05) is 7.05 Å². The van der Waals surface area contributed by atoms with Crippen molar-refractivity contribution in [1.29, 1.82) is 0 Å². The smallest absolute Gasteiger partial charge is 0.125 e. The van der Waals surface area contributed by atoms with Crippen molar-refractivity contribution < 1.29 is 9.47 Å². The molecule has 0 fully saturated rings. The van der Waals surface area contributed by atoms with Gasteiger partial charge in [-0.1, -0.05) is 12.1 Å². The number of nitrogens with one attached hydrogen (secondary N) is 1. The second-order valence-corrected chi connectivity index (χ2v) is 4.64. The number of ether oxygens (including phenoxy) is 2. The van der Waals surface area contributed by atoms with Crippen LogP contribution in [0.25, 0.3) is 0 Å². The molecule has 0 spiro atoms. The van der Waals surface area contributed by atoms with Crippen LogP contribution >= 0.6 is 0 Å². The molecule has 0 unspecified atom stereocenters. The molecule has 0 radical (unpaired) electrons. The van der Waals surface area contributed by atoms with E-state index in [-0.39, 0.29) is 0 Å². The lowest BCUT2D eigenvalue weighted by Gasteiger charge is -2.14. The Morgan fingerprint density at radius 2 is 1.67 bits per heavy atom. The van der Waals surface area contributed by atoms with Gasteiger partial charge in [0.2, 0.25) is 0 Å². The van der Waals surface area contributed by atoms with Crippen molar-refractivity contribution in [3.8, 4) is 5.75 Å². The highest BCUT2D eigenvalue weighted by Gasteiger charge is 2.06. The van der Waals surface area contributed by atoms with Crippen LogP contribution in [0.15, 0.2) is 12.1 Å². The van der Waals surface area contributed by atoms with Gasteiger partial charge in [0.1, 0.15) is 5.75 Å². The number of methoxy groups -OCH3 is 1. The van der Waals surface area contributed by atoms with E-state index in [1.54, 1.807) is 7.11 Å². The first-order valence-corrected chi connectivity index (χ1v) is 6.55. The summed E-state index contributed by atoms with van der Waals surface area (Å²) in [5, 5.41) is 3.17. The van der Waals surface area contributed by atoms with Crippen LogP contribution in [0.4, 0.5) is 0 Å². The molecule has 1 N–H and O–H groups in total. The Kier molecular flexibility index (Phi) is 6.76. The van der Waals surface area contributed by atoms with Crippen LogP contribution in [-0.2, 0) is 11.3 Å². The summed E-state index contributed by atoms with van der Waals surface area (Å²) in [6.45, 7) is 6.68. The third-order valence-corrected chi connectivity index (χ3v) is 2.89. The number of hydrogen-bond acceptors (Lipinski definition) is 3. The normalized spacial score (nSPS) is 10.7. The lowest BCUT2D eigenvalue weighted by Crippen LogP contribution is -2.07. The third kappa shape index (κ3) is 4.67. The molecule has 1 aromatic rings. The van der Waals surface area contributed by atoms with Gasteiger partial charge in [0.25, 0.3) is 0 Å². The Labute approximate surface area is 110 Å². The molecule has 0 amide bonds. The molecule has 0 saturated carbocycles. The molecular weight excluding hydrogens is 226 g/mol. The van der Waals surface area contributed by atoms with Crippen molar-refractivity contribution in [1.82, 2.24) is 5.32 Å². The molecule has 0 atom stereocenters. The van der Waals surface area contributed by atoms with Crippen LogP contribution in [0.1, 0.15) is 29.5 Å². The summed E-state index contributed by atoms with van der Waals surface area (Å²) in [5.41, 5.74) is 3.73. The minimum absolute atomic E-state index is 0.760. The number of rotatable bonds is 8. The van der Waals surface area contributed by atoms with Crippen molar-refractivity contribution in [3.63, 3.8) is 0 Å². The van der Waals surface area contributed by atoms with E-state index >= 15 is 0 Å². The Hall–Kier alpha value is -1.06. The maximum absolute atomic E-state index is 5.87. The Morgan fingerprint density at radius 3 is 2.22 bits per heavy atom. The van der Waals surface area contributed by atoms with E-state index in [9.17, 15) is 0 Å². The van der Waals surface area contributed by atoms with Gasteiger partial charge < -0.3 is 14.8 Å². The minimum atomic E-state index is 0.760. The standard InChI is InChI=1S/C15H25NO2/c1-12-9-14(11-16-3)10-13(2)15(12)18-8-6-5-7-17-4/h9-10,16H,5-8,11H2,1-4H3. The van der Waals surface area contributed by atoms with Gasteiger partial charge in [-0.2, -0.15) is 0 Å². The summed E-state index contributed by atoms with van der Waals surface area (Å²) in [6, 6.07) is 4.38. The number of benzene rings is 1. The minimum Gasteiger partial charge on any atom is -0.493 e. The van der Waals surface area contributed by atoms with E-state index in [0.29, 0.717) is 0 Å². The predicted molar refractivity (Wildman–Crippen MR) is 75.3 cm³/mol. The number of aryl methyl sites for hydroxylation is 2. The lowest BCUT2D eigenvalue weighted by atomic mass is 10.1. The highest BCUT2D eigenvalue weighted by molar-refractivity contribution is 5.43. The summed E-state index contributed by atoms with van der Waals surface area (Å²) < 4.78 is 10.9. The summed E-state index contributed by atoms with van der Waals surface area (Å²) in [4.78, 5) is 0. The molecule has 0 saturated heterocycles. The molecular formula is C15H25NO2. The average molecular weight is 251 g/mol. The zero-order chi connectivity index (χ0) is 13.4. The second kappa shape index (κ2) is 8.11. The van der Waals surface area contributed by atoms with Crippen LogP contribution in [0.5, 0.6) is 5.75 Å². The van der Waals surface area contributed by atoms with E-state index in [1.165, 1.54) is 16.7 Å². The molecule has 18 heavy (non-hydrogen) atoms. The van der Waals surface area contributed by atoms with Crippen molar-refractivity contribution >= 4 is 0 Å². The van der Waals surface area contributed by atoms with Gasteiger partial charge in [0, 0.05) is 20.3 Å². The second-order valence-electron chi connectivity index (χ2n) is 4.64. The van der Waals surface area contributed by atoms with Gasteiger partial charge in [-0.3, -0.25) is 0 Å². The third-order valence-electron chi connectivity index (χ3n) is 2.89. The SMILES string of the molecule is CNCc1cc(C)c(OCCCCOC)c(C)c1. The lowest BCUT2D eigenvalue weighted by molar-refractivity contribution is 0.184. The number of hydrogen-bond donors (Lipinski definition) is 1. The summed E-state index contributed by atoms with van der Waals surface area (Å²) in [5.74, 6) is 1.03. The molecule has 1 rings (SSSR count). The van der Waals surface area contributed by atoms with Gasteiger partial charge in [0.15, 0.2) is 0 Å². The van der Waals surface area contributed by atoms with Crippen LogP contribution in [-0.4, -0.2) is 27.4 Å². The molecule has 1 aromatic carbocycles. The van der Waals surface area contributed by atoms with Crippen LogP contribution in [0.3, 0.4) is 0 Å². The first-order chi connectivity index (χ1) is 8.69. The van der Waals surface area contributed by atoms with E-state index in [4.69, 9.17) is 9.47 Å². The molecule has 3 nitrogen and oxygen atoms in total. The Balaban J connectivity index is 2.54. The zero-order valence-electron chi connectivity index (χ0n) is 12.0. The maximum Gasteiger partial charge on any atom is 0.125 e. The molecule has 0 aliphatic heterocycles. The van der Waals surface area contributed by atoms with Crippen molar-refractivity contribution in [3.05, 3.63) is 28.8 Å². The highest BCUT2D eigenvalue weighted by Crippen LogP contribution is 2.25. The number of unbranched alkanes of at least 4 members (excludes halogenated alkanes) is 1. The van der Waals surface area contributed by atoms with Crippen molar-refractivity contribution in [2.45, 2.75) is 33.2 Å². The summed E-state index contributed by atoms with van der Waals surface area (Å²) in [7, 11) is 3.69. The Bertz CT molecular complexity index is 341. The van der Waals surface area contributed by atoms with E-state index in [0.717, 1.165) is 38.3 Å². The summed E-state index contributed by atoms with van der Waals surface area (Å²) in [6.07, 6.45) is 2.08. The quantitative estimate of drug-likeness (QED) is 0.721. The first-order valence-electron chi connectivity index (χ1n) is 6.55. The molecule has 3 heteroatoms. The maximum atomic E-state index is 5.87. The molecule has 0 heterocycles. The zero-order valence-corrected chi connectivity index (χ0v) is 12.0. The van der Waals surface area contributed by atoms with E-state index < -0.39 is 0 Å². The van der Waals surface area contributed by atoms with Gasteiger partial charge in [-0.15, -0.1) is 0 Å². The molecule has 102 valence electrons. The molecule has 0 aliphatic rings. The van der Waals surface area contributed by atoms with Gasteiger partial charge in [-0.05, 0) is 50.4 Å². The largest absolute Gasteiger partial charge is 0.493 e. The fourth-order valence-electron chi connectivity index (χ4n) is 2.10. The fourth-order valence-corrected chi connectivity index (χ4v) is 2.10. The van der Waals surface area contributed by atoms with Crippen molar-refractivity contribution in [2.75, 3.05) is 27.4 Å². The van der Waals surface area contributed by atoms with Crippen molar-refractivity contribution in [2.24, 2.45) is 0 Å². The molecule has 0 bridgehead atoms. The van der Waals surface area contributed by atoms with E-state index in [2.05, 4.69) is 31.3 Å². The Morgan fingerprint density at radius 1 is 1.06 bits per heavy atom. The molecule has 0 aromatic heterocycles. The highest BCUT2D eigenvalue weighted by atomic mass is 16.5. The first kappa shape index (κ1) is 15.0. The van der Waals surface area contributed by atoms with Gasteiger partial charge in [-0.25, -0.2) is 0 Å². The molecule has 0 aliphatic carbocycles. The van der Waals surface area contributed by atoms with Crippen LogP contribution in [0, 0.1) is 13.8 Å². The predicted octanol–water partition coefficient (Wildman–Crippen LogP) is 2.83. The van der Waals surface area contributed by atoms with Crippen LogP contribution < -0.4 is 10.1 Å². The fraction of sp³-hybridized carbons (Fsp3) is 0.600. The summed E-state index contributed by atoms with van der Waals surface area (Å²) >= 11 is 0. The van der Waals surface area contributed by atoms with Gasteiger partial charge >= 0.3 is 0 Å². The monoisotopic (exact) mass is 251 g/mol.